The third kappa shape index (κ3) is 5.30. The van der Waals surface area contributed by atoms with Crippen LogP contribution in [-0.2, 0) is 9.59 Å². The summed E-state index contributed by atoms with van der Waals surface area (Å²) in [6.45, 7) is 3.00. The topological polar surface area (TPSA) is 170 Å². The molecule has 5 N–H and O–H groups in total. The molecule has 1 saturated heterocycles. The summed E-state index contributed by atoms with van der Waals surface area (Å²) in [6, 6.07) is 3.46. The molecule has 1 spiro atoms. The Hall–Kier alpha value is -3.86. The van der Waals surface area contributed by atoms with E-state index in [9.17, 15) is 14.4 Å². The Balaban J connectivity index is 1.53. The number of rotatable bonds is 6. The molecule has 3 heterocycles. The van der Waals surface area contributed by atoms with E-state index < -0.39 is 11.0 Å². The van der Waals surface area contributed by atoms with Gasteiger partial charge in [-0.3, -0.25) is 19.3 Å². The maximum Gasteiger partial charge on any atom is 0.271 e. The number of nitrogens with two attached hydrogens (primary N) is 2. The van der Waals surface area contributed by atoms with Gasteiger partial charge in [-0.1, -0.05) is 6.42 Å². The van der Waals surface area contributed by atoms with Crippen molar-refractivity contribution in [2.45, 2.75) is 76.9 Å². The number of allylic oxidation sites excluding steroid dienone is 1. The number of nitrogen functional groups attached to an aromatic ring is 1. The number of nitrogens with zero attached hydrogens (tertiary/aromatic N) is 4. The molecule has 3 fully saturated rings. The van der Waals surface area contributed by atoms with Crippen LogP contribution in [0, 0.1) is 5.41 Å². The lowest BCUT2D eigenvalue weighted by molar-refractivity contribution is -0.143. The molecule has 3 aliphatic rings. The largest absolute Gasteiger partial charge is 0.473 e. The lowest BCUT2D eigenvalue weighted by Crippen LogP contribution is -2.45. The third-order valence-corrected chi connectivity index (χ3v) is 8.58. The fourth-order valence-corrected chi connectivity index (χ4v) is 6.28. The van der Waals surface area contributed by atoms with Crippen LogP contribution in [0.25, 0.3) is 5.70 Å². The smallest absolute Gasteiger partial charge is 0.271 e. The molecule has 0 radical (unpaired) electrons. The summed E-state index contributed by atoms with van der Waals surface area (Å²) in [5, 5.41) is 0. The summed E-state index contributed by atoms with van der Waals surface area (Å²) in [5.41, 5.74) is 12.1. The lowest BCUT2D eigenvalue weighted by Gasteiger charge is -2.38. The molecule has 2 saturated carbocycles. The Labute approximate surface area is 233 Å². The molecular weight excluding hydrogens is 510 g/mol. The van der Waals surface area contributed by atoms with Gasteiger partial charge in [-0.2, -0.15) is 4.98 Å². The van der Waals surface area contributed by atoms with Crippen LogP contribution in [0.3, 0.4) is 0 Å². The van der Waals surface area contributed by atoms with Crippen LogP contribution < -0.4 is 21.8 Å². The highest BCUT2D eigenvalue weighted by atomic mass is 16.5. The number of ketones is 2. The Morgan fingerprint density at radius 3 is 2.75 bits per heavy atom. The van der Waals surface area contributed by atoms with Crippen molar-refractivity contribution in [1.29, 1.82) is 0 Å². The average molecular weight is 548 g/mol. The van der Waals surface area contributed by atoms with Gasteiger partial charge >= 0.3 is 0 Å². The van der Waals surface area contributed by atoms with Crippen molar-refractivity contribution in [2.75, 3.05) is 19.3 Å². The number of aliphatic imine (C=N–C) groups is 1. The van der Waals surface area contributed by atoms with Gasteiger partial charge in [0.15, 0.2) is 17.4 Å². The van der Waals surface area contributed by atoms with Crippen molar-refractivity contribution in [3.8, 4) is 5.88 Å². The fourth-order valence-electron chi connectivity index (χ4n) is 6.28. The van der Waals surface area contributed by atoms with E-state index >= 15 is 0 Å². The number of carbonyl (C=O) groups is 2. The van der Waals surface area contributed by atoms with E-state index in [-0.39, 0.29) is 52.6 Å². The van der Waals surface area contributed by atoms with Crippen molar-refractivity contribution in [1.82, 2.24) is 19.9 Å². The molecule has 0 bridgehead atoms. The van der Waals surface area contributed by atoms with E-state index in [1.54, 1.807) is 12.1 Å². The number of likely N-dealkylation sites (N-methyl/N-ethyl adjacent to an activating group) is 1. The molecular formula is C29H37N7O4. The third-order valence-electron chi connectivity index (χ3n) is 8.58. The second-order valence-corrected chi connectivity index (χ2v) is 11.1. The standard InChI is InChI=1S/C29H37N7O4/c1-17(20-8-6-14-36(20)2)40-23-15-22(33-16-18-10-13-32-28(39)24(18)30)34-27(35-23)25(31)19-7-5-12-29(26(19)38)11-4-3-9-21(29)37/h10,13,15-17,20H,3-9,11-12,14,30-31H2,1-2H3,(H,32,39)/t17-,20-,29+/m0/s1. The first-order valence-corrected chi connectivity index (χ1v) is 14.0. The van der Waals surface area contributed by atoms with E-state index in [0.29, 0.717) is 43.2 Å². The van der Waals surface area contributed by atoms with Crippen molar-refractivity contribution in [3.63, 3.8) is 0 Å². The van der Waals surface area contributed by atoms with Crippen LogP contribution >= 0.6 is 0 Å². The summed E-state index contributed by atoms with van der Waals surface area (Å²) in [4.78, 5) is 57.0. The van der Waals surface area contributed by atoms with Gasteiger partial charge in [0.2, 0.25) is 5.88 Å². The van der Waals surface area contributed by atoms with Crippen molar-refractivity contribution < 1.29 is 14.3 Å². The predicted octanol–water partition coefficient (Wildman–Crippen LogP) is 2.91. The Morgan fingerprint density at radius 2 is 2.00 bits per heavy atom. The van der Waals surface area contributed by atoms with E-state index in [2.05, 4.69) is 31.9 Å². The van der Waals surface area contributed by atoms with Gasteiger partial charge in [0.25, 0.3) is 5.56 Å². The highest BCUT2D eigenvalue weighted by Gasteiger charge is 2.49. The van der Waals surface area contributed by atoms with Crippen molar-refractivity contribution in [3.05, 3.63) is 45.6 Å². The molecule has 0 aromatic carbocycles. The van der Waals surface area contributed by atoms with Crippen LogP contribution in [0.1, 0.15) is 76.1 Å². The van der Waals surface area contributed by atoms with Gasteiger partial charge in [-0.25, -0.2) is 9.98 Å². The molecule has 2 aliphatic carbocycles. The zero-order valence-electron chi connectivity index (χ0n) is 23.1. The quantitative estimate of drug-likeness (QED) is 0.279. The number of pyridine rings is 1. The van der Waals surface area contributed by atoms with Crippen LogP contribution in [0.5, 0.6) is 5.88 Å². The van der Waals surface area contributed by atoms with Crippen LogP contribution in [0.4, 0.5) is 11.5 Å². The monoisotopic (exact) mass is 547 g/mol. The van der Waals surface area contributed by atoms with Crippen LogP contribution in [0.15, 0.2) is 33.7 Å². The molecule has 2 aromatic heterocycles. The van der Waals surface area contributed by atoms with Gasteiger partial charge in [-0.15, -0.1) is 0 Å². The molecule has 3 atom stereocenters. The maximum atomic E-state index is 13.7. The minimum absolute atomic E-state index is 0.0157. The van der Waals surface area contributed by atoms with Gasteiger partial charge in [-0.05, 0) is 71.5 Å². The number of hydrogen-bond acceptors (Lipinski definition) is 10. The molecule has 212 valence electrons. The van der Waals surface area contributed by atoms with Crippen molar-refractivity contribution >= 4 is 35.0 Å². The van der Waals surface area contributed by atoms with Gasteiger partial charge in [0.05, 0.1) is 11.1 Å². The first kappa shape index (κ1) is 27.7. The summed E-state index contributed by atoms with van der Waals surface area (Å²) in [7, 11) is 2.07. The Morgan fingerprint density at radius 1 is 1.20 bits per heavy atom. The molecule has 11 nitrogen and oxygen atoms in total. The first-order valence-electron chi connectivity index (χ1n) is 14.0. The summed E-state index contributed by atoms with van der Waals surface area (Å²) >= 11 is 0. The number of aromatic amines is 1. The Bertz CT molecular complexity index is 1430. The first-order chi connectivity index (χ1) is 19.2. The summed E-state index contributed by atoms with van der Waals surface area (Å²) in [5.74, 6) is 0.459. The Kier molecular flexibility index (Phi) is 7.84. The second-order valence-electron chi connectivity index (χ2n) is 11.1. The SMILES string of the molecule is C[C@H](Oc1cc(N=Cc2cc[nH]c(=O)c2N)nc(C(N)=C2CCC[C@@]3(CCCCC3=O)C2=O)n1)[C@@H]1CCCN1C. The highest BCUT2D eigenvalue weighted by Crippen LogP contribution is 2.45. The molecule has 0 amide bonds. The minimum atomic E-state index is -0.981. The number of anilines is 1. The van der Waals surface area contributed by atoms with Gasteiger partial charge < -0.3 is 21.2 Å². The lowest BCUT2D eigenvalue weighted by atomic mass is 9.62. The predicted molar refractivity (Wildman–Crippen MR) is 152 cm³/mol. The minimum Gasteiger partial charge on any atom is -0.473 e. The number of likely N-dealkylation sites (tertiary alicyclic amines) is 1. The normalized spacial score (nSPS) is 26.0. The number of aromatic nitrogens is 3. The van der Waals surface area contributed by atoms with E-state index in [1.165, 1.54) is 12.4 Å². The molecule has 0 unspecified atom stereocenters. The van der Waals surface area contributed by atoms with Crippen LogP contribution in [0.2, 0.25) is 0 Å². The zero-order valence-corrected chi connectivity index (χ0v) is 23.1. The molecule has 1 aliphatic heterocycles. The van der Waals surface area contributed by atoms with Crippen molar-refractivity contribution in [2.24, 2.45) is 16.1 Å². The average Bonchev–Trinajstić information content (AvgIpc) is 3.38. The van der Waals surface area contributed by atoms with E-state index in [0.717, 1.165) is 32.2 Å². The zero-order chi connectivity index (χ0) is 28.4. The number of carbonyl (C=O) groups excluding carboxylic acids is 2. The van der Waals surface area contributed by atoms with Gasteiger partial charge in [0.1, 0.15) is 17.6 Å². The number of hydrogen-bond donors (Lipinski definition) is 3. The highest BCUT2D eigenvalue weighted by molar-refractivity contribution is 6.17. The molecule has 11 heteroatoms. The molecule has 5 rings (SSSR count). The number of ether oxygens (including phenoxy) is 1. The van der Waals surface area contributed by atoms with E-state index in [4.69, 9.17) is 16.2 Å². The molecule has 40 heavy (non-hydrogen) atoms. The van der Waals surface area contributed by atoms with E-state index in [1.807, 2.05) is 6.92 Å². The molecule has 2 aromatic rings. The van der Waals surface area contributed by atoms with Crippen LogP contribution in [-0.4, -0.2) is 63.4 Å². The fraction of sp³-hybridized carbons (Fsp3) is 0.517. The number of H-pyrrole nitrogens is 1. The summed E-state index contributed by atoms with van der Waals surface area (Å²) in [6.07, 6.45) is 9.24. The maximum absolute atomic E-state index is 13.7. The second kappa shape index (κ2) is 11.3. The van der Waals surface area contributed by atoms with Gasteiger partial charge in [0, 0.05) is 42.1 Å². The number of Topliss-reactive ketones (excluding diaryl/α,β-unsaturated/α-hetero) is 2. The number of nitrogens with one attached hydrogen (secondary N) is 1. The summed E-state index contributed by atoms with van der Waals surface area (Å²) < 4.78 is 6.27.